The molecule has 0 aliphatic heterocycles. The summed E-state index contributed by atoms with van der Waals surface area (Å²) in [6, 6.07) is 0. The van der Waals surface area contributed by atoms with Gasteiger partial charge >= 0.3 is 0 Å². The molecule has 0 saturated carbocycles. The summed E-state index contributed by atoms with van der Waals surface area (Å²) >= 11 is 0. The number of unbranched alkanes of at least 4 members (excludes halogenated alkanes) is 1. The van der Waals surface area contributed by atoms with Gasteiger partial charge in [0.15, 0.2) is 0 Å². The molecular formula is C12H26. The van der Waals surface area contributed by atoms with Crippen LogP contribution in [0.5, 0.6) is 0 Å². The molecule has 0 rings (SSSR count). The maximum atomic E-state index is 2.47. The molecule has 0 saturated heterocycles. The Labute approximate surface area is 78.8 Å². The summed E-state index contributed by atoms with van der Waals surface area (Å²) < 4.78 is 0. The van der Waals surface area contributed by atoms with Crippen molar-refractivity contribution in [3.63, 3.8) is 0 Å². The Bertz CT molecular complexity index is 88.2. The fourth-order valence-electron chi connectivity index (χ4n) is 2.19. The van der Waals surface area contributed by atoms with Crippen LogP contribution in [-0.4, -0.2) is 0 Å². The smallest absolute Gasteiger partial charge is 0.0326 e. The topological polar surface area (TPSA) is 0 Å². The lowest BCUT2D eigenvalue weighted by Crippen LogP contribution is -2.15. The zero-order valence-corrected chi connectivity index (χ0v) is 9.45. The highest BCUT2D eigenvalue weighted by Gasteiger charge is 2.20. The highest BCUT2D eigenvalue weighted by molar-refractivity contribution is 4.72. The normalized spacial score (nSPS) is 12.0. The summed E-state index contributed by atoms with van der Waals surface area (Å²) in [7, 11) is 0. The largest absolute Gasteiger partial charge is 0.0654 e. The molecule has 0 aliphatic carbocycles. The van der Waals surface area contributed by atoms with E-state index in [9.17, 15) is 0 Å². The molecule has 0 heterocycles. The molecule has 0 N–H and O–H groups in total. The number of hydrogen-bond acceptors (Lipinski definition) is 0. The van der Waals surface area contributed by atoms with E-state index in [1.807, 2.05) is 0 Å². The minimum Gasteiger partial charge on any atom is -0.0654 e. The van der Waals surface area contributed by atoms with E-state index in [1.165, 1.54) is 44.9 Å². The van der Waals surface area contributed by atoms with Crippen LogP contribution in [0, 0.1) is 5.41 Å². The zero-order chi connectivity index (χ0) is 9.45. The predicted molar refractivity (Wildman–Crippen MR) is 57.4 cm³/mol. The first-order chi connectivity index (χ1) is 5.68. The molecule has 0 amide bonds. The van der Waals surface area contributed by atoms with E-state index in [-0.39, 0.29) is 0 Å². The van der Waals surface area contributed by atoms with Crippen LogP contribution < -0.4 is 0 Å². The van der Waals surface area contributed by atoms with E-state index in [0.717, 1.165) is 0 Å². The van der Waals surface area contributed by atoms with E-state index in [4.69, 9.17) is 0 Å². The Morgan fingerprint density at radius 3 is 1.58 bits per heavy atom. The van der Waals surface area contributed by atoms with Gasteiger partial charge < -0.3 is 0 Å². The van der Waals surface area contributed by atoms with Crippen molar-refractivity contribution in [3.05, 3.63) is 0 Å². The Hall–Kier alpha value is 0. The second kappa shape index (κ2) is 6.51. The zero-order valence-electron chi connectivity index (χ0n) is 9.45. The fourth-order valence-corrected chi connectivity index (χ4v) is 2.19. The average Bonchev–Trinajstić information content (AvgIpc) is 2.02. The highest BCUT2D eigenvalue weighted by atomic mass is 14.3. The lowest BCUT2D eigenvalue weighted by molar-refractivity contribution is 0.237. The molecule has 12 heavy (non-hydrogen) atoms. The summed E-state index contributed by atoms with van der Waals surface area (Å²) in [6.45, 7) is 9.37. The molecule has 0 aromatic rings. The van der Waals surface area contributed by atoms with Crippen molar-refractivity contribution < 1.29 is 0 Å². The third-order valence-electron chi connectivity index (χ3n) is 2.84. The second-order valence-electron chi connectivity index (χ2n) is 4.41. The molecule has 0 atom stereocenters. The van der Waals surface area contributed by atoms with Gasteiger partial charge in [-0.3, -0.25) is 0 Å². The quantitative estimate of drug-likeness (QED) is 0.515. The van der Waals surface area contributed by atoms with Crippen molar-refractivity contribution in [3.8, 4) is 0 Å². The Kier molecular flexibility index (Phi) is 6.51. The Morgan fingerprint density at radius 1 is 0.750 bits per heavy atom. The standard InChI is InChI=1S/C12H26/c1-5-8-11-12(4,9-6-2)10-7-3/h5-11H2,1-4H3. The van der Waals surface area contributed by atoms with Crippen LogP contribution in [0.3, 0.4) is 0 Å². The van der Waals surface area contributed by atoms with Gasteiger partial charge in [-0.2, -0.15) is 0 Å². The van der Waals surface area contributed by atoms with E-state index >= 15 is 0 Å². The molecule has 0 aromatic carbocycles. The first-order valence-corrected chi connectivity index (χ1v) is 5.68. The molecule has 0 unspecified atom stereocenters. The van der Waals surface area contributed by atoms with Crippen molar-refractivity contribution in [1.82, 2.24) is 0 Å². The van der Waals surface area contributed by atoms with Crippen LogP contribution in [0.2, 0.25) is 0 Å². The lowest BCUT2D eigenvalue weighted by Gasteiger charge is -2.28. The third-order valence-corrected chi connectivity index (χ3v) is 2.84. The fraction of sp³-hybridized carbons (Fsp3) is 1.00. The first-order valence-electron chi connectivity index (χ1n) is 5.68. The molecule has 0 bridgehead atoms. The van der Waals surface area contributed by atoms with Crippen molar-refractivity contribution in [1.29, 1.82) is 0 Å². The first kappa shape index (κ1) is 12.0. The van der Waals surface area contributed by atoms with Crippen LogP contribution in [-0.2, 0) is 0 Å². The van der Waals surface area contributed by atoms with Gasteiger partial charge in [-0.05, 0) is 24.7 Å². The lowest BCUT2D eigenvalue weighted by atomic mass is 9.77. The van der Waals surface area contributed by atoms with Crippen molar-refractivity contribution in [2.45, 2.75) is 72.6 Å². The van der Waals surface area contributed by atoms with Crippen molar-refractivity contribution in [2.24, 2.45) is 5.41 Å². The van der Waals surface area contributed by atoms with E-state index in [1.54, 1.807) is 0 Å². The maximum Gasteiger partial charge on any atom is -0.0326 e. The summed E-state index contributed by atoms with van der Waals surface area (Å²) in [5, 5.41) is 0. The maximum absolute atomic E-state index is 2.47. The van der Waals surface area contributed by atoms with Crippen LogP contribution in [0.4, 0.5) is 0 Å². The van der Waals surface area contributed by atoms with Crippen LogP contribution >= 0.6 is 0 Å². The Morgan fingerprint density at radius 2 is 1.25 bits per heavy atom. The third kappa shape index (κ3) is 4.79. The average molecular weight is 170 g/mol. The van der Waals surface area contributed by atoms with Crippen molar-refractivity contribution in [2.75, 3.05) is 0 Å². The van der Waals surface area contributed by atoms with Crippen molar-refractivity contribution >= 4 is 0 Å². The molecule has 74 valence electrons. The summed E-state index contributed by atoms with van der Waals surface area (Å²) in [6.07, 6.45) is 9.73. The molecule has 0 nitrogen and oxygen atoms in total. The van der Waals surface area contributed by atoms with Gasteiger partial charge in [0.05, 0.1) is 0 Å². The monoisotopic (exact) mass is 170 g/mol. The molecule has 0 heteroatoms. The van der Waals surface area contributed by atoms with Crippen LogP contribution in [0.25, 0.3) is 0 Å². The van der Waals surface area contributed by atoms with Gasteiger partial charge in [0.1, 0.15) is 0 Å². The van der Waals surface area contributed by atoms with Gasteiger partial charge in [0.25, 0.3) is 0 Å². The highest BCUT2D eigenvalue weighted by Crippen LogP contribution is 2.34. The number of hydrogen-bond donors (Lipinski definition) is 0. The summed E-state index contributed by atoms with van der Waals surface area (Å²) in [5.74, 6) is 0. The molecule has 0 fully saturated rings. The minimum atomic E-state index is 0.652. The second-order valence-corrected chi connectivity index (χ2v) is 4.41. The number of rotatable bonds is 7. The van der Waals surface area contributed by atoms with Gasteiger partial charge in [-0.25, -0.2) is 0 Å². The van der Waals surface area contributed by atoms with Gasteiger partial charge in [0.2, 0.25) is 0 Å². The Balaban J connectivity index is 3.80. The van der Waals surface area contributed by atoms with E-state index < -0.39 is 0 Å². The summed E-state index contributed by atoms with van der Waals surface area (Å²) in [5.41, 5.74) is 0.652. The minimum absolute atomic E-state index is 0.652. The SMILES string of the molecule is CCCCC(C)(CCC)CCC. The van der Waals surface area contributed by atoms with E-state index in [0.29, 0.717) is 5.41 Å². The molecule has 0 aromatic heterocycles. The molecular weight excluding hydrogens is 144 g/mol. The van der Waals surface area contributed by atoms with Gasteiger partial charge in [-0.1, -0.05) is 53.4 Å². The molecule has 0 aliphatic rings. The van der Waals surface area contributed by atoms with E-state index in [2.05, 4.69) is 27.7 Å². The molecule has 0 spiro atoms. The predicted octanol–water partition coefficient (Wildman–Crippen LogP) is 4.78. The van der Waals surface area contributed by atoms with Gasteiger partial charge in [0, 0.05) is 0 Å². The van der Waals surface area contributed by atoms with Gasteiger partial charge in [-0.15, -0.1) is 0 Å². The summed E-state index contributed by atoms with van der Waals surface area (Å²) in [4.78, 5) is 0. The van der Waals surface area contributed by atoms with Crippen LogP contribution in [0.15, 0.2) is 0 Å². The van der Waals surface area contributed by atoms with Crippen LogP contribution in [0.1, 0.15) is 72.6 Å². The molecule has 0 radical (unpaired) electrons.